The van der Waals surface area contributed by atoms with Gasteiger partial charge in [0.05, 0.1) is 7.11 Å². The van der Waals surface area contributed by atoms with E-state index in [-0.39, 0.29) is 23.2 Å². The van der Waals surface area contributed by atoms with Crippen LogP contribution in [-0.4, -0.2) is 28.9 Å². The summed E-state index contributed by atoms with van der Waals surface area (Å²) in [4.78, 5) is 30.5. The molecule has 0 bridgehead atoms. The number of ether oxygens (including phenoxy) is 1. The molecule has 2 heterocycles. The van der Waals surface area contributed by atoms with E-state index in [1.165, 1.54) is 13.2 Å². The summed E-state index contributed by atoms with van der Waals surface area (Å²) in [6.07, 6.45) is 3.55. The molecule has 4 rings (SSSR count). The molecule has 1 unspecified atom stereocenters. The predicted octanol–water partition coefficient (Wildman–Crippen LogP) is 4.16. The first-order valence-electron chi connectivity index (χ1n) is 9.93. The number of aromatic nitrogens is 1. The zero-order valence-corrected chi connectivity index (χ0v) is 18.7. The number of allylic oxidation sites excluding steroid dienone is 3. The maximum absolute atomic E-state index is 13.4. The van der Waals surface area contributed by atoms with Crippen molar-refractivity contribution in [2.45, 2.75) is 32.1 Å². The molecule has 0 radical (unpaired) electrons. The molecular weight excluding hydrogens is 462 g/mol. The first kappa shape index (κ1) is 21.1. The molecule has 0 saturated carbocycles. The minimum atomic E-state index is -0.575. The van der Waals surface area contributed by atoms with Crippen LogP contribution in [0.2, 0.25) is 0 Å². The van der Waals surface area contributed by atoms with Crippen LogP contribution in [0.1, 0.15) is 37.7 Å². The van der Waals surface area contributed by atoms with Gasteiger partial charge in [-0.2, -0.15) is 0 Å². The van der Waals surface area contributed by atoms with Gasteiger partial charge in [-0.25, -0.2) is 4.98 Å². The molecule has 1 aromatic heterocycles. The van der Waals surface area contributed by atoms with E-state index in [2.05, 4.69) is 31.5 Å². The lowest BCUT2D eigenvalue weighted by molar-refractivity contribution is -0.116. The molecule has 31 heavy (non-hydrogen) atoms. The minimum absolute atomic E-state index is 0.00452. The lowest BCUT2D eigenvalue weighted by atomic mass is 9.75. The number of ketones is 1. The van der Waals surface area contributed by atoms with Gasteiger partial charge in [-0.05, 0) is 65.5 Å². The van der Waals surface area contributed by atoms with Crippen LogP contribution in [0.5, 0.6) is 11.5 Å². The Morgan fingerprint density at radius 2 is 2.10 bits per heavy atom. The molecule has 3 N–H and O–H groups in total. The lowest BCUT2D eigenvalue weighted by Crippen LogP contribution is -2.35. The fourth-order valence-corrected chi connectivity index (χ4v) is 4.36. The summed E-state index contributed by atoms with van der Waals surface area (Å²) < 4.78 is 6.07. The van der Waals surface area contributed by atoms with Gasteiger partial charge in [-0.3, -0.25) is 9.59 Å². The van der Waals surface area contributed by atoms with Gasteiger partial charge in [0.1, 0.15) is 5.82 Å². The number of aromatic hydroxyl groups is 1. The van der Waals surface area contributed by atoms with Crippen molar-refractivity contribution in [2.24, 2.45) is 0 Å². The normalized spacial score (nSPS) is 18.4. The SMILES string of the molecule is COc1cc(C2C(C(=O)Nc3ccc(Br)cn3)=C(C)NC3=C2C(=O)CCC3)ccc1O. The summed E-state index contributed by atoms with van der Waals surface area (Å²) in [6, 6.07) is 8.40. The number of nitrogens with zero attached hydrogens (tertiary/aromatic N) is 1. The summed E-state index contributed by atoms with van der Waals surface area (Å²) in [5.74, 6) is -0.213. The van der Waals surface area contributed by atoms with Crippen LogP contribution in [0.15, 0.2) is 63.5 Å². The second-order valence-electron chi connectivity index (χ2n) is 7.51. The van der Waals surface area contributed by atoms with E-state index in [1.807, 2.05) is 6.92 Å². The van der Waals surface area contributed by atoms with Crippen molar-refractivity contribution in [1.82, 2.24) is 10.3 Å². The first-order chi connectivity index (χ1) is 14.9. The van der Waals surface area contributed by atoms with Crippen LogP contribution < -0.4 is 15.4 Å². The zero-order chi connectivity index (χ0) is 22.1. The number of carbonyl (C=O) groups is 2. The Labute approximate surface area is 188 Å². The highest BCUT2D eigenvalue weighted by molar-refractivity contribution is 9.10. The number of Topliss-reactive ketones (excluding diaryl/α,β-unsaturated/α-hetero) is 1. The number of anilines is 1. The number of benzene rings is 1. The number of amides is 1. The average Bonchev–Trinajstić information content (AvgIpc) is 2.75. The molecule has 0 saturated heterocycles. The van der Waals surface area contributed by atoms with E-state index in [9.17, 15) is 14.7 Å². The van der Waals surface area contributed by atoms with Crippen LogP contribution in [0.3, 0.4) is 0 Å². The second-order valence-corrected chi connectivity index (χ2v) is 8.43. The Kier molecular flexibility index (Phi) is 5.82. The Balaban J connectivity index is 1.80. The number of dihydropyridines is 1. The van der Waals surface area contributed by atoms with Gasteiger partial charge in [0, 0.05) is 45.5 Å². The van der Waals surface area contributed by atoms with Gasteiger partial charge < -0.3 is 20.5 Å². The van der Waals surface area contributed by atoms with Crippen LogP contribution >= 0.6 is 15.9 Å². The molecule has 1 aliphatic carbocycles. The molecule has 1 amide bonds. The van der Waals surface area contributed by atoms with Crippen LogP contribution in [0, 0.1) is 0 Å². The number of hydrogen-bond donors (Lipinski definition) is 3. The number of methoxy groups -OCH3 is 1. The molecule has 160 valence electrons. The van der Waals surface area contributed by atoms with Crippen molar-refractivity contribution < 1.29 is 19.4 Å². The highest BCUT2D eigenvalue weighted by Gasteiger charge is 2.38. The highest BCUT2D eigenvalue weighted by Crippen LogP contribution is 2.44. The van der Waals surface area contributed by atoms with Crippen LogP contribution in [-0.2, 0) is 9.59 Å². The van der Waals surface area contributed by atoms with Gasteiger partial charge in [-0.15, -0.1) is 0 Å². The van der Waals surface area contributed by atoms with E-state index in [0.717, 1.165) is 23.0 Å². The second kappa shape index (κ2) is 8.55. The smallest absolute Gasteiger partial charge is 0.255 e. The standard InChI is InChI=1S/C23H22BrN3O4/c1-12-20(23(30)27-19-9-7-14(24)11-25-19)21(13-6-8-16(28)18(10-13)31-2)22-15(26-12)4-3-5-17(22)29/h6-11,21,26,28H,3-5H2,1-2H3,(H,25,27,30). The van der Waals surface area contributed by atoms with Crippen molar-refractivity contribution in [3.63, 3.8) is 0 Å². The fourth-order valence-electron chi connectivity index (χ4n) is 4.12. The molecular formula is C23H22BrN3O4. The van der Waals surface area contributed by atoms with E-state index < -0.39 is 5.92 Å². The largest absolute Gasteiger partial charge is 0.504 e. The highest BCUT2D eigenvalue weighted by atomic mass is 79.9. The minimum Gasteiger partial charge on any atom is -0.504 e. The summed E-state index contributed by atoms with van der Waals surface area (Å²) in [7, 11) is 1.46. The van der Waals surface area contributed by atoms with Crippen molar-refractivity contribution in [3.8, 4) is 11.5 Å². The maximum Gasteiger partial charge on any atom is 0.255 e. The van der Waals surface area contributed by atoms with Crippen molar-refractivity contribution >= 4 is 33.4 Å². The van der Waals surface area contributed by atoms with E-state index in [0.29, 0.717) is 34.6 Å². The first-order valence-corrected chi connectivity index (χ1v) is 10.7. The Bertz CT molecular complexity index is 1120. The molecule has 8 heteroatoms. The maximum atomic E-state index is 13.4. The number of halogens is 1. The third kappa shape index (κ3) is 4.07. The Morgan fingerprint density at radius 1 is 1.29 bits per heavy atom. The number of carbonyl (C=O) groups excluding carboxylic acids is 2. The van der Waals surface area contributed by atoms with Crippen molar-refractivity contribution in [2.75, 3.05) is 12.4 Å². The summed E-state index contributed by atoms with van der Waals surface area (Å²) in [6.45, 7) is 1.83. The average molecular weight is 484 g/mol. The topological polar surface area (TPSA) is 101 Å². The molecule has 2 aromatic rings. The van der Waals surface area contributed by atoms with Crippen LogP contribution in [0.25, 0.3) is 0 Å². The number of phenolic OH excluding ortho intramolecular Hbond substituents is 1. The molecule has 2 aliphatic rings. The number of nitrogens with one attached hydrogen (secondary N) is 2. The number of phenols is 1. The molecule has 0 spiro atoms. The molecule has 1 atom stereocenters. The third-order valence-electron chi connectivity index (χ3n) is 5.53. The summed E-state index contributed by atoms with van der Waals surface area (Å²) >= 11 is 3.33. The van der Waals surface area contributed by atoms with E-state index in [1.54, 1.807) is 30.5 Å². The summed E-state index contributed by atoms with van der Waals surface area (Å²) in [5.41, 5.74) is 3.27. The Morgan fingerprint density at radius 3 is 2.81 bits per heavy atom. The summed E-state index contributed by atoms with van der Waals surface area (Å²) in [5, 5.41) is 16.2. The number of pyridine rings is 1. The van der Waals surface area contributed by atoms with Gasteiger partial charge in [0.15, 0.2) is 17.3 Å². The van der Waals surface area contributed by atoms with Gasteiger partial charge in [0.2, 0.25) is 0 Å². The fraction of sp³-hybridized carbons (Fsp3) is 0.261. The third-order valence-corrected chi connectivity index (χ3v) is 6.00. The van der Waals surface area contributed by atoms with E-state index in [4.69, 9.17) is 4.74 Å². The zero-order valence-electron chi connectivity index (χ0n) is 17.2. The van der Waals surface area contributed by atoms with Gasteiger partial charge in [-0.1, -0.05) is 6.07 Å². The number of rotatable bonds is 4. The molecule has 1 aliphatic heterocycles. The van der Waals surface area contributed by atoms with Crippen molar-refractivity contribution in [1.29, 1.82) is 0 Å². The Hall–Kier alpha value is -3.13. The van der Waals surface area contributed by atoms with Gasteiger partial charge in [0.25, 0.3) is 5.91 Å². The predicted molar refractivity (Wildman–Crippen MR) is 120 cm³/mol. The lowest BCUT2D eigenvalue weighted by Gasteiger charge is -2.34. The number of hydrogen-bond acceptors (Lipinski definition) is 6. The van der Waals surface area contributed by atoms with E-state index >= 15 is 0 Å². The molecule has 0 fully saturated rings. The molecule has 7 nitrogen and oxygen atoms in total. The van der Waals surface area contributed by atoms with Crippen molar-refractivity contribution in [3.05, 3.63) is 69.1 Å². The van der Waals surface area contributed by atoms with Gasteiger partial charge >= 0.3 is 0 Å². The monoisotopic (exact) mass is 483 g/mol. The van der Waals surface area contributed by atoms with Crippen LogP contribution in [0.4, 0.5) is 5.82 Å². The molecule has 1 aromatic carbocycles. The quantitative estimate of drug-likeness (QED) is 0.603.